The highest BCUT2D eigenvalue weighted by atomic mass is 32.1. The first-order valence-electron chi connectivity index (χ1n) is 11.1. The van der Waals surface area contributed by atoms with Gasteiger partial charge in [0.05, 0.1) is 6.04 Å². The van der Waals surface area contributed by atoms with Gasteiger partial charge in [0.1, 0.15) is 10.8 Å². The second kappa shape index (κ2) is 11.2. The van der Waals surface area contributed by atoms with E-state index in [9.17, 15) is 13.6 Å². The number of anilines is 1. The molecule has 3 aromatic carbocycles. The molecule has 0 spiro atoms. The number of carbonyl (C=O) groups is 1. The summed E-state index contributed by atoms with van der Waals surface area (Å²) < 4.78 is 32.4. The first-order valence-corrected chi connectivity index (χ1v) is 11.9. The smallest absolute Gasteiger partial charge is 0.262 e. The van der Waals surface area contributed by atoms with Gasteiger partial charge in [-0.2, -0.15) is 0 Å². The fraction of sp³-hybridized carbons (Fsp3) is 0.185. The van der Waals surface area contributed by atoms with Crippen LogP contribution in [-0.4, -0.2) is 29.4 Å². The Morgan fingerprint density at radius 2 is 1.86 bits per heavy atom. The van der Waals surface area contributed by atoms with Crippen molar-refractivity contribution < 1.29 is 18.3 Å². The van der Waals surface area contributed by atoms with Gasteiger partial charge in [-0.1, -0.05) is 36.4 Å². The number of nitrogens with zero attached hydrogens (tertiary/aromatic N) is 2. The Morgan fingerprint density at radius 1 is 1.06 bits per heavy atom. The monoisotopic (exact) mass is 493 g/mol. The Hall–Kier alpha value is -3.62. The molecule has 5 nitrogen and oxygen atoms in total. The van der Waals surface area contributed by atoms with Crippen molar-refractivity contribution in [1.29, 1.82) is 0 Å². The third-order valence-corrected chi connectivity index (χ3v) is 6.57. The summed E-state index contributed by atoms with van der Waals surface area (Å²) in [5.41, 5.74) is 3.19. The van der Waals surface area contributed by atoms with Crippen molar-refractivity contribution in [2.75, 3.05) is 19.0 Å². The van der Waals surface area contributed by atoms with E-state index in [1.54, 1.807) is 17.5 Å². The molecule has 0 fully saturated rings. The van der Waals surface area contributed by atoms with Gasteiger partial charge in [0.2, 0.25) is 0 Å². The van der Waals surface area contributed by atoms with Crippen LogP contribution in [-0.2, 0) is 11.3 Å². The molecule has 180 valence electrons. The van der Waals surface area contributed by atoms with E-state index in [-0.39, 0.29) is 18.3 Å². The van der Waals surface area contributed by atoms with Crippen LogP contribution < -0.4 is 10.1 Å². The molecule has 0 aliphatic carbocycles. The maximum Gasteiger partial charge on any atom is 0.262 e. The Morgan fingerprint density at radius 3 is 2.57 bits per heavy atom. The zero-order valence-electron chi connectivity index (χ0n) is 19.4. The first-order chi connectivity index (χ1) is 16.9. The fourth-order valence-electron chi connectivity index (χ4n) is 3.60. The minimum Gasteiger partial charge on any atom is -0.483 e. The predicted molar refractivity (Wildman–Crippen MR) is 134 cm³/mol. The lowest BCUT2D eigenvalue weighted by molar-refractivity contribution is -0.118. The number of thiazole rings is 1. The van der Waals surface area contributed by atoms with Crippen molar-refractivity contribution in [3.8, 4) is 16.9 Å². The molecule has 0 radical (unpaired) electrons. The second-order valence-corrected chi connectivity index (χ2v) is 9.04. The summed E-state index contributed by atoms with van der Waals surface area (Å²) >= 11 is 1.60. The molecule has 8 heteroatoms. The summed E-state index contributed by atoms with van der Waals surface area (Å²) in [5.74, 6) is -1.90. The minimum atomic E-state index is -1.03. The summed E-state index contributed by atoms with van der Waals surface area (Å²) in [7, 11) is 2.01. The van der Waals surface area contributed by atoms with Gasteiger partial charge >= 0.3 is 0 Å². The van der Waals surface area contributed by atoms with Crippen LogP contribution in [0, 0.1) is 11.6 Å². The first kappa shape index (κ1) is 24.5. The lowest BCUT2D eigenvalue weighted by Crippen LogP contribution is -2.23. The number of ether oxygens (including phenoxy) is 1. The number of amides is 1. The molecule has 0 saturated heterocycles. The summed E-state index contributed by atoms with van der Waals surface area (Å²) in [5, 5.41) is 5.49. The van der Waals surface area contributed by atoms with E-state index in [2.05, 4.69) is 28.2 Å². The standard InChI is InChI=1S/C27H25F2N3O2S/c1-18(27-30-12-13-35-27)32(2)16-21-14-20(19-6-4-3-5-7-19)8-11-25(21)34-17-26(33)31-22-9-10-23(28)24(29)15-22/h3-15,18H,16-17H2,1-2H3,(H,31,33)/t18-/m1/s1. The average molecular weight is 494 g/mol. The summed E-state index contributed by atoms with van der Waals surface area (Å²) in [6.45, 7) is 2.39. The van der Waals surface area contributed by atoms with Crippen LogP contribution >= 0.6 is 11.3 Å². The molecule has 1 amide bonds. The van der Waals surface area contributed by atoms with Crippen molar-refractivity contribution in [1.82, 2.24) is 9.88 Å². The number of nitrogens with one attached hydrogen (secondary N) is 1. The Kier molecular flexibility index (Phi) is 7.84. The van der Waals surface area contributed by atoms with Gasteiger partial charge in [0.25, 0.3) is 5.91 Å². The maximum absolute atomic E-state index is 13.4. The van der Waals surface area contributed by atoms with Crippen molar-refractivity contribution in [3.63, 3.8) is 0 Å². The van der Waals surface area contributed by atoms with Crippen LogP contribution in [0.5, 0.6) is 5.75 Å². The molecule has 0 bridgehead atoms. The second-order valence-electron chi connectivity index (χ2n) is 8.12. The molecule has 0 unspecified atom stereocenters. The number of halogens is 2. The lowest BCUT2D eigenvalue weighted by atomic mass is 10.0. The van der Waals surface area contributed by atoms with Crippen LogP contribution in [0.15, 0.2) is 78.3 Å². The third kappa shape index (κ3) is 6.29. The number of hydrogen-bond donors (Lipinski definition) is 1. The largest absolute Gasteiger partial charge is 0.483 e. The van der Waals surface area contributed by atoms with E-state index in [1.165, 1.54) is 6.07 Å². The third-order valence-electron chi connectivity index (χ3n) is 5.62. The van der Waals surface area contributed by atoms with Gasteiger partial charge < -0.3 is 10.1 Å². The van der Waals surface area contributed by atoms with Gasteiger partial charge in [-0.25, -0.2) is 13.8 Å². The Labute approximate surface area is 207 Å². The molecular formula is C27H25F2N3O2S. The number of benzene rings is 3. The van der Waals surface area contributed by atoms with Crippen LogP contribution in [0.2, 0.25) is 0 Å². The summed E-state index contributed by atoms with van der Waals surface area (Å²) in [6.07, 6.45) is 1.79. The Bertz CT molecular complexity index is 1280. The van der Waals surface area contributed by atoms with E-state index in [1.807, 2.05) is 54.9 Å². The van der Waals surface area contributed by atoms with Gasteiger partial charge in [0.15, 0.2) is 18.2 Å². The van der Waals surface area contributed by atoms with Crippen molar-refractivity contribution in [3.05, 3.63) is 101 Å². The maximum atomic E-state index is 13.4. The molecule has 1 N–H and O–H groups in total. The molecule has 4 rings (SSSR count). The van der Waals surface area contributed by atoms with E-state index in [0.717, 1.165) is 33.8 Å². The normalized spacial score (nSPS) is 11.9. The van der Waals surface area contributed by atoms with Gasteiger partial charge in [0, 0.05) is 35.4 Å². The zero-order chi connectivity index (χ0) is 24.8. The molecule has 1 atom stereocenters. The van der Waals surface area contributed by atoms with Crippen LogP contribution in [0.3, 0.4) is 0 Å². The van der Waals surface area contributed by atoms with E-state index >= 15 is 0 Å². The van der Waals surface area contributed by atoms with Crippen LogP contribution in [0.1, 0.15) is 23.5 Å². The van der Waals surface area contributed by atoms with Gasteiger partial charge in [-0.3, -0.25) is 9.69 Å². The van der Waals surface area contributed by atoms with Crippen LogP contribution in [0.25, 0.3) is 11.1 Å². The quantitative estimate of drug-likeness (QED) is 0.297. The highest BCUT2D eigenvalue weighted by molar-refractivity contribution is 7.09. The summed E-state index contributed by atoms with van der Waals surface area (Å²) in [6, 6.07) is 19.2. The van der Waals surface area contributed by atoms with Crippen molar-refractivity contribution in [2.24, 2.45) is 0 Å². The van der Waals surface area contributed by atoms with Gasteiger partial charge in [-0.15, -0.1) is 11.3 Å². The summed E-state index contributed by atoms with van der Waals surface area (Å²) in [4.78, 5) is 19.0. The molecule has 0 aliphatic rings. The molecule has 1 heterocycles. The molecule has 4 aromatic rings. The van der Waals surface area contributed by atoms with Crippen molar-refractivity contribution in [2.45, 2.75) is 19.5 Å². The number of aromatic nitrogens is 1. The molecule has 0 aliphatic heterocycles. The highest BCUT2D eigenvalue weighted by Gasteiger charge is 2.17. The van der Waals surface area contributed by atoms with Crippen molar-refractivity contribution >= 4 is 22.9 Å². The predicted octanol–water partition coefficient (Wildman–Crippen LogP) is 6.30. The fourth-order valence-corrected chi connectivity index (χ4v) is 4.36. The lowest BCUT2D eigenvalue weighted by Gasteiger charge is -2.24. The van der Waals surface area contributed by atoms with Crippen LogP contribution in [0.4, 0.5) is 14.5 Å². The molecule has 0 saturated carbocycles. The SMILES string of the molecule is C[C@H](c1nccs1)N(C)Cc1cc(-c2ccccc2)ccc1OCC(=O)Nc1ccc(F)c(F)c1. The number of carbonyl (C=O) groups excluding carboxylic acids is 1. The van der Waals surface area contributed by atoms with Gasteiger partial charge in [-0.05, 0) is 49.4 Å². The average Bonchev–Trinajstić information content (AvgIpc) is 3.40. The highest BCUT2D eigenvalue weighted by Crippen LogP contribution is 2.30. The van der Waals surface area contributed by atoms with E-state index < -0.39 is 17.5 Å². The van der Waals surface area contributed by atoms with E-state index in [0.29, 0.717) is 12.3 Å². The zero-order valence-corrected chi connectivity index (χ0v) is 20.2. The molecule has 1 aromatic heterocycles. The molecule has 35 heavy (non-hydrogen) atoms. The number of rotatable bonds is 9. The minimum absolute atomic E-state index is 0.0971. The topological polar surface area (TPSA) is 54.5 Å². The number of hydrogen-bond acceptors (Lipinski definition) is 5. The molecular weight excluding hydrogens is 468 g/mol. The Balaban J connectivity index is 1.51. The van der Waals surface area contributed by atoms with E-state index in [4.69, 9.17) is 4.74 Å².